The first kappa shape index (κ1) is 17.3. The molecule has 5 heteroatoms. The van der Waals surface area contributed by atoms with Gasteiger partial charge in [0, 0.05) is 31.7 Å². The Morgan fingerprint density at radius 1 is 1.14 bits per heavy atom. The Morgan fingerprint density at radius 3 is 2.36 bits per heavy atom. The van der Waals surface area contributed by atoms with Crippen LogP contribution in [0.3, 0.4) is 0 Å². The van der Waals surface area contributed by atoms with Crippen LogP contribution in [0.5, 0.6) is 0 Å². The first-order valence-electron chi connectivity index (χ1n) is 8.03. The summed E-state index contributed by atoms with van der Waals surface area (Å²) in [6, 6.07) is 11.1. The fraction of sp³-hybridized carbons (Fsp3) is 0.588. The summed E-state index contributed by atoms with van der Waals surface area (Å²) in [5.74, 6) is 0.275. The zero-order valence-corrected chi connectivity index (χ0v) is 13.8. The highest BCUT2D eigenvalue weighted by atomic mass is 35.5. The molecule has 4 nitrogen and oxygen atoms in total. The Hall–Kier alpha value is -1.10. The monoisotopic (exact) mass is 323 g/mol. The number of likely N-dealkylation sites (tertiary alicyclic amines) is 1. The smallest absolute Gasteiger partial charge is 0.237 e. The van der Waals surface area contributed by atoms with Gasteiger partial charge in [-0.05, 0) is 31.2 Å². The highest BCUT2D eigenvalue weighted by Crippen LogP contribution is 2.28. The molecule has 1 saturated carbocycles. The van der Waals surface area contributed by atoms with Crippen molar-refractivity contribution in [1.82, 2.24) is 9.80 Å². The summed E-state index contributed by atoms with van der Waals surface area (Å²) < 4.78 is 0. The fourth-order valence-electron chi connectivity index (χ4n) is 2.98. The van der Waals surface area contributed by atoms with Crippen molar-refractivity contribution in [3.8, 4) is 0 Å². The molecule has 0 atom stereocenters. The number of carbonyl (C=O) groups is 1. The van der Waals surface area contributed by atoms with E-state index in [1.165, 1.54) is 5.56 Å². The second kappa shape index (κ2) is 7.95. The number of hydrogen-bond acceptors (Lipinski definition) is 3. The highest BCUT2D eigenvalue weighted by Gasteiger charge is 2.33. The third kappa shape index (κ3) is 4.70. The molecule has 1 aromatic rings. The van der Waals surface area contributed by atoms with Crippen molar-refractivity contribution in [1.29, 1.82) is 0 Å². The average molecular weight is 324 g/mol. The maximum atomic E-state index is 12.6. The van der Waals surface area contributed by atoms with Gasteiger partial charge in [0.25, 0.3) is 0 Å². The van der Waals surface area contributed by atoms with Crippen molar-refractivity contribution in [2.45, 2.75) is 44.3 Å². The van der Waals surface area contributed by atoms with E-state index in [1.807, 2.05) is 18.2 Å². The van der Waals surface area contributed by atoms with Gasteiger partial charge in [0.05, 0.1) is 6.54 Å². The van der Waals surface area contributed by atoms with Crippen LogP contribution >= 0.6 is 12.4 Å². The second-order valence-electron chi connectivity index (χ2n) is 6.35. The Morgan fingerprint density at radius 2 is 1.77 bits per heavy atom. The van der Waals surface area contributed by atoms with Crippen molar-refractivity contribution in [3.05, 3.63) is 35.9 Å². The predicted octanol–water partition coefficient (Wildman–Crippen LogP) is 2.02. The molecule has 0 bridgehead atoms. The highest BCUT2D eigenvalue weighted by molar-refractivity contribution is 5.85. The fourth-order valence-corrected chi connectivity index (χ4v) is 2.98. The molecule has 22 heavy (non-hydrogen) atoms. The van der Waals surface area contributed by atoms with Crippen LogP contribution in [0, 0.1) is 0 Å². The zero-order valence-electron chi connectivity index (χ0n) is 13.0. The van der Waals surface area contributed by atoms with Crippen LogP contribution in [0.25, 0.3) is 0 Å². The molecular formula is C17H26ClN3O. The molecule has 2 fully saturated rings. The number of amides is 1. The lowest BCUT2D eigenvalue weighted by atomic mass is 10.1. The number of hydrogen-bond donors (Lipinski definition) is 1. The van der Waals surface area contributed by atoms with Crippen molar-refractivity contribution in [2.24, 2.45) is 5.73 Å². The van der Waals surface area contributed by atoms with Crippen LogP contribution in [0.1, 0.15) is 31.2 Å². The van der Waals surface area contributed by atoms with Crippen molar-refractivity contribution < 1.29 is 4.79 Å². The Kier molecular flexibility index (Phi) is 6.24. The first-order valence-corrected chi connectivity index (χ1v) is 8.03. The van der Waals surface area contributed by atoms with Crippen LogP contribution in [-0.2, 0) is 11.3 Å². The lowest BCUT2D eigenvalue weighted by Gasteiger charge is -2.32. The Bertz CT molecular complexity index is 470. The van der Waals surface area contributed by atoms with Gasteiger partial charge in [0.15, 0.2) is 0 Å². The molecule has 0 spiro atoms. The van der Waals surface area contributed by atoms with Gasteiger partial charge < -0.3 is 10.6 Å². The molecule has 0 unspecified atom stereocenters. The quantitative estimate of drug-likeness (QED) is 0.902. The van der Waals surface area contributed by atoms with Crippen molar-refractivity contribution in [2.75, 3.05) is 19.6 Å². The van der Waals surface area contributed by atoms with E-state index in [0.29, 0.717) is 18.6 Å². The number of carbonyl (C=O) groups excluding carboxylic acids is 1. The minimum atomic E-state index is 0. The van der Waals surface area contributed by atoms with Crippen molar-refractivity contribution >= 4 is 18.3 Å². The summed E-state index contributed by atoms with van der Waals surface area (Å²) in [7, 11) is 0. The van der Waals surface area contributed by atoms with E-state index in [1.54, 1.807) is 0 Å². The van der Waals surface area contributed by atoms with E-state index in [2.05, 4.69) is 21.9 Å². The standard InChI is InChI=1S/C17H25N3O.ClH/c18-15-8-10-19(11-9-15)13-17(21)20(16-6-7-16)12-14-4-2-1-3-5-14;/h1-5,15-16H,6-13,18H2;1H. The zero-order chi connectivity index (χ0) is 14.7. The van der Waals surface area contributed by atoms with Crippen molar-refractivity contribution in [3.63, 3.8) is 0 Å². The van der Waals surface area contributed by atoms with Gasteiger partial charge in [0.2, 0.25) is 5.91 Å². The summed E-state index contributed by atoms with van der Waals surface area (Å²) in [5, 5.41) is 0. The van der Waals surface area contributed by atoms with Gasteiger partial charge in [-0.2, -0.15) is 0 Å². The lowest BCUT2D eigenvalue weighted by molar-refractivity contribution is -0.133. The molecule has 2 N–H and O–H groups in total. The molecule has 1 aliphatic heterocycles. The van der Waals surface area contributed by atoms with Gasteiger partial charge in [-0.25, -0.2) is 0 Å². The average Bonchev–Trinajstić information content (AvgIpc) is 3.33. The third-order valence-electron chi connectivity index (χ3n) is 4.49. The molecule has 1 saturated heterocycles. The van der Waals surface area contributed by atoms with Gasteiger partial charge in [-0.1, -0.05) is 30.3 Å². The summed E-state index contributed by atoms with van der Waals surface area (Å²) >= 11 is 0. The molecule has 3 rings (SSSR count). The number of nitrogens with zero attached hydrogens (tertiary/aromatic N) is 2. The number of rotatable bonds is 5. The maximum Gasteiger partial charge on any atom is 0.237 e. The van der Waals surface area contributed by atoms with E-state index in [9.17, 15) is 4.79 Å². The summed E-state index contributed by atoms with van der Waals surface area (Å²) in [4.78, 5) is 17.0. The molecule has 122 valence electrons. The molecule has 1 heterocycles. The van der Waals surface area contributed by atoms with Crippen LogP contribution in [0.4, 0.5) is 0 Å². The number of piperidine rings is 1. The van der Waals surface area contributed by atoms with E-state index < -0.39 is 0 Å². The number of halogens is 1. The van der Waals surface area contributed by atoms with Gasteiger partial charge in [-0.3, -0.25) is 9.69 Å². The topological polar surface area (TPSA) is 49.6 Å². The number of nitrogens with two attached hydrogens (primary N) is 1. The summed E-state index contributed by atoms with van der Waals surface area (Å²) in [6.07, 6.45) is 4.33. The van der Waals surface area contributed by atoms with E-state index in [0.717, 1.165) is 45.3 Å². The SMILES string of the molecule is Cl.NC1CCN(CC(=O)N(Cc2ccccc2)C2CC2)CC1. The van der Waals surface area contributed by atoms with E-state index in [4.69, 9.17) is 5.73 Å². The van der Waals surface area contributed by atoms with Crippen LogP contribution in [-0.4, -0.2) is 47.4 Å². The van der Waals surface area contributed by atoms with Crippen LogP contribution in [0.15, 0.2) is 30.3 Å². The predicted molar refractivity (Wildman–Crippen MR) is 90.9 cm³/mol. The Balaban J connectivity index is 0.00000176. The molecule has 2 aliphatic rings. The summed E-state index contributed by atoms with van der Waals surface area (Å²) in [6.45, 7) is 3.21. The minimum absolute atomic E-state index is 0. The summed E-state index contributed by atoms with van der Waals surface area (Å²) in [5.41, 5.74) is 7.15. The van der Waals surface area contributed by atoms with Crippen LogP contribution in [0.2, 0.25) is 0 Å². The molecule has 1 aromatic carbocycles. The largest absolute Gasteiger partial charge is 0.334 e. The maximum absolute atomic E-state index is 12.6. The molecule has 0 aromatic heterocycles. The third-order valence-corrected chi connectivity index (χ3v) is 4.49. The molecular weight excluding hydrogens is 298 g/mol. The second-order valence-corrected chi connectivity index (χ2v) is 6.35. The lowest BCUT2D eigenvalue weighted by Crippen LogP contribution is -2.46. The van der Waals surface area contributed by atoms with Gasteiger partial charge >= 0.3 is 0 Å². The van der Waals surface area contributed by atoms with E-state index >= 15 is 0 Å². The Labute approximate surface area is 139 Å². The molecule has 1 aliphatic carbocycles. The normalized spacial score (nSPS) is 19.5. The van der Waals surface area contributed by atoms with Gasteiger partial charge in [0.1, 0.15) is 0 Å². The molecule has 1 amide bonds. The van der Waals surface area contributed by atoms with E-state index in [-0.39, 0.29) is 18.3 Å². The van der Waals surface area contributed by atoms with Crippen LogP contribution < -0.4 is 5.73 Å². The molecule has 0 radical (unpaired) electrons. The number of benzene rings is 1. The first-order chi connectivity index (χ1) is 10.2. The van der Waals surface area contributed by atoms with Gasteiger partial charge in [-0.15, -0.1) is 12.4 Å². The minimum Gasteiger partial charge on any atom is -0.334 e.